The van der Waals surface area contributed by atoms with E-state index in [1.54, 1.807) is 0 Å². The second-order valence-electron chi connectivity index (χ2n) is 5.59. The van der Waals surface area contributed by atoms with Gasteiger partial charge in [-0.2, -0.15) is 0 Å². The van der Waals surface area contributed by atoms with Crippen LogP contribution in [0.1, 0.15) is 22.3 Å². The second kappa shape index (κ2) is 9.48. The minimum Gasteiger partial charge on any atom is -0.481 e. The fourth-order valence-electron chi connectivity index (χ4n) is 2.29. The van der Waals surface area contributed by atoms with Gasteiger partial charge in [0.2, 0.25) is 0 Å². The van der Waals surface area contributed by atoms with E-state index in [1.807, 2.05) is 30.3 Å². The van der Waals surface area contributed by atoms with Crippen molar-refractivity contribution in [2.45, 2.75) is 13.0 Å². The molecule has 0 aliphatic rings. The van der Waals surface area contributed by atoms with Crippen molar-refractivity contribution in [2.24, 2.45) is 5.92 Å². The lowest BCUT2D eigenvalue weighted by Gasteiger charge is -2.12. The van der Waals surface area contributed by atoms with E-state index in [-0.39, 0.29) is 17.2 Å². The lowest BCUT2D eigenvalue weighted by atomic mass is 9.95. The number of carbonyl (C=O) groups is 3. The number of benzene rings is 2. The van der Waals surface area contributed by atoms with E-state index in [0.29, 0.717) is 5.02 Å². The summed E-state index contributed by atoms with van der Waals surface area (Å²) in [5.74, 6) is -4.09. The third kappa shape index (κ3) is 5.66. The first kappa shape index (κ1) is 20.1. The number of aliphatic carboxylic acids is 1. The van der Waals surface area contributed by atoms with Crippen molar-refractivity contribution < 1.29 is 24.2 Å². The Morgan fingerprint density at radius 2 is 1.73 bits per heavy atom. The highest BCUT2D eigenvalue weighted by atomic mass is 35.5. The fraction of sp³-hybridized carbons (Fsp3) is 0.211. The first-order valence-corrected chi connectivity index (χ1v) is 8.49. The molecular weight excluding hydrogens is 379 g/mol. The predicted molar refractivity (Wildman–Crippen MR) is 97.6 cm³/mol. The fourth-order valence-corrected chi connectivity index (χ4v) is 2.81. The average molecular weight is 395 g/mol. The molecule has 0 spiro atoms. The number of hydrogen-bond donors (Lipinski definition) is 1. The molecule has 0 radical (unpaired) electrons. The molecule has 5 nitrogen and oxygen atoms in total. The second-order valence-corrected chi connectivity index (χ2v) is 6.43. The van der Waals surface area contributed by atoms with Crippen LogP contribution in [0.5, 0.6) is 0 Å². The van der Waals surface area contributed by atoms with Crippen LogP contribution >= 0.6 is 23.2 Å². The zero-order valence-corrected chi connectivity index (χ0v) is 15.2. The normalized spacial score (nSPS) is 11.8. The first-order valence-electron chi connectivity index (χ1n) is 7.74. The van der Waals surface area contributed by atoms with Gasteiger partial charge in [-0.05, 0) is 23.8 Å². The monoisotopic (exact) mass is 394 g/mol. The highest BCUT2D eigenvalue weighted by molar-refractivity contribution is 6.36. The van der Waals surface area contributed by atoms with Crippen LogP contribution in [0.3, 0.4) is 0 Å². The van der Waals surface area contributed by atoms with Gasteiger partial charge in [-0.3, -0.25) is 14.4 Å². The third-order valence-electron chi connectivity index (χ3n) is 3.66. The number of Topliss-reactive ketones (excluding diaryl/α,β-unsaturated/α-hetero) is 2. The largest absolute Gasteiger partial charge is 0.481 e. The van der Waals surface area contributed by atoms with Crippen molar-refractivity contribution in [3.05, 3.63) is 69.7 Å². The summed E-state index contributed by atoms with van der Waals surface area (Å²) in [7, 11) is 0. The van der Waals surface area contributed by atoms with Gasteiger partial charge >= 0.3 is 5.97 Å². The van der Waals surface area contributed by atoms with E-state index in [9.17, 15) is 19.5 Å². The molecule has 0 aliphatic carbocycles. The van der Waals surface area contributed by atoms with Crippen molar-refractivity contribution in [3.8, 4) is 0 Å². The van der Waals surface area contributed by atoms with Crippen LogP contribution < -0.4 is 0 Å². The van der Waals surface area contributed by atoms with E-state index in [4.69, 9.17) is 27.9 Å². The van der Waals surface area contributed by atoms with Crippen LogP contribution in [0.2, 0.25) is 10.0 Å². The van der Waals surface area contributed by atoms with Crippen molar-refractivity contribution >= 4 is 40.7 Å². The molecule has 1 N–H and O–H groups in total. The average Bonchev–Trinajstić information content (AvgIpc) is 2.60. The molecule has 2 aromatic carbocycles. The number of carboxylic acids is 1. The summed E-state index contributed by atoms with van der Waals surface area (Å²) in [6.07, 6.45) is -0.496. The lowest BCUT2D eigenvalue weighted by molar-refractivity contribution is -0.147. The Morgan fingerprint density at radius 1 is 1.04 bits per heavy atom. The number of ether oxygens (including phenoxy) is 1. The van der Waals surface area contributed by atoms with E-state index in [1.165, 1.54) is 18.2 Å². The van der Waals surface area contributed by atoms with Gasteiger partial charge in [0.1, 0.15) is 12.5 Å². The molecule has 1 unspecified atom stereocenters. The van der Waals surface area contributed by atoms with Gasteiger partial charge in [0.05, 0.1) is 11.6 Å². The highest BCUT2D eigenvalue weighted by Gasteiger charge is 2.29. The molecule has 0 saturated heterocycles. The van der Waals surface area contributed by atoms with Gasteiger partial charge in [-0.25, -0.2) is 0 Å². The van der Waals surface area contributed by atoms with Gasteiger partial charge in [-0.15, -0.1) is 0 Å². The Hall–Kier alpha value is -2.21. The lowest BCUT2D eigenvalue weighted by Crippen LogP contribution is -2.29. The predicted octanol–water partition coefficient (Wildman–Crippen LogP) is 4.05. The Labute approximate surface area is 160 Å². The molecule has 0 amide bonds. The van der Waals surface area contributed by atoms with E-state index < -0.39 is 36.5 Å². The maximum atomic E-state index is 12.3. The SMILES string of the molecule is O=C(CC(C(=O)O)C(=O)COCc1ccccc1)c1ccc(Cl)cc1Cl. The number of rotatable bonds is 9. The van der Waals surface area contributed by atoms with Crippen LogP contribution in [-0.2, 0) is 20.9 Å². The van der Waals surface area contributed by atoms with Crippen LogP contribution in [0.4, 0.5) is 0 Å². The molecular formula is C19H16Cl2O5. The number of halogens is 2. The summed E-state index contributed by atoms with van der Waals surface area (Å²) in [5.41, 5.74) is 0.983. The topological polar surface area (TPSA) is 80.7 Å². The standard InChI is InChI=1S/C19H16Cl2O5/c20-13-6-7-14(16(21)8-13)17(22)9-15(19(24)25)18(23)11-26-10-12-4-2-1-3-5-12/h1-8,15H,9-11H2,(H,24,25). The van der Waals surface area contributed by atoms with E-state index in [0.717, 1.165) is 5.56 Å². The number of carboxylic acid groups (broad SMARTS) is 1. The Balaban J connectivity index is 1.97. The minimum absolute atomic E-state index is 0.111. The van der Waals surface area contributed by atoms with Crippen LogP contribution in [0.25, 0.3) is 0 Å². The summed E-state index contributed by atoms with van der Waals surface area (Å²) < 4.78 is 5.27. The third-order valence-corrected chi connectivity index (χ3v) is 4.21. The van der Waals surface area contributed by atoms with Gasteiger partial charge in [0.25, 0.3) is 0 Å². The quantitative estimate of drug-likeness (QED) is 0.512. The summed E-state index contributed by atoms with van der Waals surface area (Å²) in [6.45, 7) is -0.219. The van der Waals surface area contributed by atoms with Crippen molar-refractivity contribution in [1.82, 2.24) is 0 Å². The van der Waals surface area contributed by atoms with Crippen molar-refractivity contribution in [3.63, 3.8) is 0 Å². The van der Waals surface area contributed by atoms with Crippen LogP contribution in [0, 0.1) is 5.92 Å². The molecule has 7 heteroatoms. The van der Waals surface area contributed by atoms with Gasteiger partial charge in [-0.1, -0.05) is 53.5 Å². The number of carbonyl (C=O) groups excluding carboxylic acids is 2. The summed E-state index contributed by atoms with van der Waals surface area (Å²) in [6, 6.07) is 13.4. The Kier molecular flexibility index (Phi) is 7.33. The summed E-state index contributed by atoms with van der Waals surface area (Å²) >= 11 is 11.7. The van der Waals surface area contributed by atoms with Crippen LogP contribution in [-0.4, -0.2) is 29.2 Å². The smallest absolute Gasteiger partial charge is 0.314 e. The maximum Gasteiger partial charge on any atom is 0.314 e. The number of hydrogen-bond acceptors (Lipinski definition) is 4. The minimum atomic E-state index is -1.50. The molecule has 0 aromatic heterocycles. The Bertz CT molecular complexity index is 805. The zero-order chi connectivity index (χ0) is 19.1. The van der Waals surface area contributed by atoms with Crippen LogP contribution in [0.15, 0.2) is 48.5 Å². The molecule has 0 fully saturated rings. The Morgan fingerprint density at radius 3 is 2.35 bits per heavy atom. The molecule has 0 aliphatic heterocycles. The molecule has 0 bridgehead atoms. The molecule has 0 heterocycles. The van der Waals surface area contributed by atoms with Gasteiger partial charge in [0, 0.05) is 17.0 Å². The molecule has 0 saturated carbocycles. The molecule has 2 aromatic rings. The van der Waals surface area contributed by atoms with Crippen molar-refractivity contribution in [1.29, 1.82) is 0 Å². The number of ketones is 2. The van der Waals surface area contributed by atoms with Gasteiger partial charge < -0.3 is 9.84 Å². The molecule has 2 rings (SSSR count). The van der Waals surface area contributed by atoms with Gasteiger partial charge in [0.15, 0.2) is 11.6 Å². The summed E-state index contributed by atoms with van der Waals surface area (Å²) in [5, 5.41) is 9.75. The van der Waals surface area contributed by atoms with E-state index in [2.05, 4.69) is 0 Å². The first-order chi connectivity index (χ1) is 12.4. The maximum absolute atomic E-state index is 12.3. The molecule has 136 valence electrons. The molecule has 1 atom stereocenters. The van der Waals surface area contributed by atoms with Crippen molar-refractivity contribution in [2.75, 3.05) is 6.61 Å². The van der Waals surface area contributed by atoms with E-state index >= 15 is 0 Å². The highest BCUT2D eigenvalue weighted by Crippen LogP contribution is 2.23. The molecule has 26 heavy (non-hydrogen) atoms. The summed E-state index contributed by atoms with van der Waals surface area (Å²) in [4.78, 5) is 35.9. The zero-order valence-electron chi connectivity index (χ0n) is 13.7.